The number of rotatable bonds is 4. The van der Waals surface area contributed by atoms with Gasteiger partial charge in [0, 0.05) is 10.9 Å². The molecule has 2 atom stereocenters. The molecule has 0 amide bonds. The van der Waals surface area contributed by atoms with Gasteiger partial charge in [-0.1, -0.05) is 12.5 Å². The first-order chi connectivity index (χ1) is 7.36. The van der Waals surface area contributed by atoms with Crippen LogP contribution in [0.4, 0.5) is 0 Å². The van der Waals surface area contributed by atoms with Crippen molar-refractivity contribution < 1.29 is 5.11 Å². The second kappa shape index (κ2) is 5.64. The zero-order valence-electron chi connectivity index (χ0n) is 8.98. The summed E-state index contributed by atoms with van der Waals surface area (Å²) in [5, 5.41) is 15.5. The Morgan fingerprint density at radius 1 is 1.53 bits per heavy atom. The van der Waals surface area contributed by atoms with E-state index in [1.165, 1.54) is 17.7 Å². The molecule has 2 heterocycles. The third-order valence-electron chi connectivity index (χ3n) is 3.08. The number of hydrogen-bond donors (Lipinski definition) is 2. The van der Waals surface area contributed by atoms with Crippen LogP contribution >= 0.6 is 11.3 Å². The van der Waals surface area contributed by atoms with Crippen molar-refractivity contribution in [1.29, 1.82) is 0 Å². The van der Waals surface area contributed by atoms with Gasteiger partial charge in [-0.3, -0.25) is 0 Å². The molecule has 2 N–H and O–H groups in total. The van der Waals surface area contributed by atoms with Crippen LogP contribution in [0.15, 0.2) is 17.5 Å². The fraction of sp³-hybridized carbons (Fsp3) is 0.667. The third kappa shape index (κ3) is 3.30. The van der Waals surface area contributed by atoms with Gasteiger partial charge in [-0.2, -0.15) is 0 Å². The highest BCUT2D eigenvalue weighted by molar-refractivity contribution is 7.09. The Labute approximate surface area is 95.3 Å². The molecule has 15 heavy (non-hydrogen) atoms. The van der Waals surface area contributed by atoms with Crippen LogP contribution in [0.5, 0.6) is 0 Å². The molecule has 1 aromatic heterocycles. The maximum Gasteiger partial charge on any atom is 0.0696 e. The van der Waals surface area contributed by atoms with Crippen LogP contribution < -0.4 is 5.32 Å². The van der Waals surface area contributed by atoms with Gasteiger partial charge in [0.05, 0.1) is 6.10 Å². The van der Waals surface area contributed by atoms with E-state index in [2.05, 4.69) is 22.8 Å². The summed E-state index contributed by atoms with van der Waals surface area (Å²) in [6.07, 6.45) is 5.37. The molecular formula is C12H19NOS. The van der Waals surface area contributed by atoms with Crippen molar-refractivity contribution in [3.05, 3.63) is 22.4 Å². The Kier molecular flexibility index (Phi) is 4.18. The van der Waals surface area contributed by atoms with E-state index in [4.69, 9.17) is 0 Å². The highest BCUT2D eigenvalue weighted by atomic mass is 32.1. The molecule has 0 aromatic carbocycles. The van der Waals surface area contributed by atoms with E-state index in [0.29, 0.717) is 6.04 Å². The lowest BCUT2D eigenvalue weighted by Crippen LogP contribution is -2.43. The molecule has 0 saturated carbocycles. The third-order valence-corrected chi connectivity index (χ3v) is 4.02. The first-order valence-electron chi connectivity index (χ1n) is 5.80. The smallest absolute Gasteiger partial charge is 0.0696 e. The number of nitrogens with one attached hydrogen (secondary N) is 1. The molecule has 2 unspecified atom stereocenters. The van der Waals surface area contributed by atoms with E-state index in [9.17, 15) is 5.11 Å². The van der Waals surface area contributed by atoms with Gasteiger partial charge in [-0.25, -0.2) is 0 Å². The summed E-state index contributed by atoms with van der Waals surface area (Å²) in [5.74, 6) is 0. The van der Waals surface area contributed by atoms with E-state index < -0.39 is 0 Å². The second-order valence-electron chi connectivity index (χ2n) is 4.24. The van der Waals surface area contributed by atoms with Gasteiger partial charge in [0.15, 0.2) is 0 Å². The minimum Gasteiger partial charge on any atom is -0.391 e. The second-order valence-corrected chi connectivity index (χ2v) is 5.27. The normalized spacial score (nSPS) is 23.9. The fourth-order valence-electron chi connectivity index (χ4n) is 2.15. The predicted molar refractivity (Wildman–Crippen MR) is 64.3 cm³/mol. The number of aliphatic hydroxyl groups is 1. The molecule has 1 fully saturated rings. The Morgan fingerprint density at radius 3 is 3.13 bits per heavy atom. The molecular weight excluding hydrogens is 206 g/mol. The number of thiophene rings is 1. The Morgan fingerprint density at radius 2 is 2.47 bits per heavy atom. The summed E-state index contributed by atoms with van der Waals surface area (Å²) in [6.45, 7) is 1.07. The van der Waals surface area contributed by atoms with Crippen molar-refractivity contribution in [3.8, 4) is 0 Å². The molecule has 2 rings (SSSR count). The van der Waals surface area contributed by atoms with Gasteiger partial charge in [0.1, 0.15) is 0 Å². The van der Waals surface area contributed by atoms with Gasteiger partial charge in [-0.05, 0) is 43.7 Å². The Balaban J connectivity index is 1.74. The minimum absolute atomic E-state index is 0.174. The largest absolute Gasteiger partial charge is 0.391 e. The van der Waals surface area contributed by atoms with Gasteiger partial charge in [-0.15, -0.1) is 11.3 Å². The molecule has 0 radical (unpaired) electrons. The van der Waals surface area contributed by atoms with E-state index in [1.807, 2.05) is 0 Å². The summed E-state index contributed by atoms with van der Waals surface area (Å²) in [4.78, 5) is 1.38. The zero-order chi connectivity index (χ0) is 10.5. The van der Waals surface area contributed by atoms with Crippen LogP contribution in [-0.2, 0) is 6.42 Å². The molecule has 84 valence electrons. The molecule has 0 bridgehead atoms. The van der Waals surface area contributed by atoms with E-state index in [-0.39, 0.29) is 6.10 Å². The van der Waals surface area contributed by atoms with Crippen LogP contribution in [0.2, 0.25) is 0 Å². The average Bonchev–Trinajstić information content (AvgIpc) is 2.80. The Bertz CT molecular complexity index is 267. The number of piperidine rings is 1. The lowest BCUT2D eigenvalue weighted by atomic mass is 9.97. The summed E-state index contributed by atoms with van der Waals surface area (Å²) >= 11 is 1.78. The molecule has 2 nitrogen and oxygen atoms in total. The highest BCUT2D eigenvalue weighted by Gasteiger charge is 2.20. The summed E-state index contributed by atoms with van der Waals surface area (Å²) in [7, 11) is 0. The maximum atomic E-state index is 10.0. The van der Waals surface area contributed by atoms with Crippen LogP contribution in [-0.4, -0.2) is 23.8 Å². The zero-order valence-corrected chi connectivity index (χ0v) is 9.80. The lowest BCUT2D eigenvalue weighted by Gasteiger charge is -2.27. The van der Waals surface area contributed by atoms with Crippen LogP contribution in [0.1, 0.15) is 30.6 Å². The molecule has 1 aliphatic rings. The van der Waals surface area contributed by atoms with Crippen molar-refractivity contribution in [3.63, 3.8) is 0 Å². The van der Waals surface area contributed by atoms with Gasteiger partial charge < -0.3 is 10.4 Å². The topological polar surface area (TPSA) is 32.3 Å². The first kappa shape index (κ1) is 11.1. The van der Waals surface area contributed by atoms with Crippen LogP contribution in [0, 0.1) is 0 Å². The van der Waals surface area contributed by atoms with Crippen molar-refractivity contribution in [2.75, 3.05) is 6.54 Å². The minimum atomic E-state index is -0.174. The van der Waals surface area contributed by atoms with E-state index in [1.54, 1.807) is 11.3 Å². The maximum absolute atomic E-state index is 10.0. The van der Waals surface area contributed by atoms with Crippen molar-refractivity contribution in [1.82, 2.24) is 5.32 Å². The van der Waals surface area contributed by atoms with Crippen molar-refractivity contribution >= 4 is 11.3 Å². The Hall–Kier alpha value is -0.380. The molecule has 0 aliphatic carbocycles. The molecule has 1 aliphatic heterocycles. The SMILES string of the molecule is OC(CCc1cccs1)C1CCCCN1. The summed E-state index contributed by atoms with van der Waals surface area (Å²) in [6, 6.07) is 4.55. The van der Waals surface area contributed by atoms with Gasteiger partial charge >= 0.3 is 0 Å². The quantitative estimate of drug-likeness (QED) is 0.823. The van der Waals surface area contributed by atoms with Gasteiger partial charge in [0.2, 0.25) is 0 Å². The van der Waals surface area contributed by atoms with Crippen molar-refractivity contribution in [2.45, 2.75) is 44.2 Å². The molecule has 1 saturated heterocycles. The number of aliphatic hydroxyl groups excluding tert-OH is 1. The van der Waals surface area contributed by atoms with Crippen molar-refractivity contribution in [2.24, 2.45) is 0 Å². The molecule has 1 aromatic rings. The van der Waals surface area contributed by atoms with E-state index >= 15 is 0 Å². The van der Waals surface area contributed by atoms with Crippen LogP contribution in [0.3, 0.4) is 0 Å². The fourth-order valence-corrected chi connectivity index (χ4v) is 2.88. The standard InChI is InChI=1S/C12H19NOS/c14-12(11-5-1-2-8-13-11)7-6-10-4-3-9-15-10/h3-4,9,11-14H,1-2,5-8H2. The lowest BCUT2D eigenvalue weighted by molar-refractivity contribution is 0.105. The van der Waals surface area contributed by atoms with Crippen LogP contribution in [0.25, 0.3) is 0 Å². The predicted octanol–water partition coefficient (Wildman–Crippen LogP) is 2.18. The monoisotopic (exact) mass is 225 g/mol. The number of hydrogen-bond acceptors (Lipinski definition) is 3. The van der Waals surface area contributed by atoms with Gasteiger partial charge in [0.25, 0.3) is 0 Å². The number of aryl methyl sites for hydroxylation is 1. The highest BCUT2D eigenvalue weighted by Crippen LogP contribution is 2.16. The first-order valence-corrected chi connectivity index (χ1v) is 6.68. The summed E-state index contributed by atoms with van der Waals surface area (Å²) < 4.78 is 0. The molecule has 0 spiro atoms. The average molecular weight is 225 g/mol. The summed E-state index contributed by atoms with van der Waals surface area (Å²) in [5.41, 5.74) is 0. The molecule has 3 heteroatoms. The van der Waals surface area contributed by atoms with E-state index in [0.717, 1.165) is 25.8 Å².